The van der Waals surface area contributed by atoms with E-state index in [0.29, 0.717) is 9.65 Å². The Labute approximate surface area is 76.9 Å². The molecular formula is C8H6Br2. The Hall–Kier alpha value is 0.180. The summed E-state index contributed by atoms with van der Waals surface area (Å²) in [6, 6.07) is 8.47. The predicted molar refractivity (Wildman–Crippen MR) is 49.8 cm³/mol. The molecule has 0 nitrogen and oxygen atoms in total. The maximum Gasteiger partial charge on any atom is 0.0564 e. The molecule has 0 N–H and O–H groups in total. The molecule has 1 aromatic rings. The number of hydrogen-bond donors (Lipinski definition) is 0. The Balaban J connectivity index is 2.50. The van der Waals surface area contributed by atoms with E-state index in [1.54, 1.807) is 0 Å². The fraction of sp³-hybridized carbons (Fsp3) is 0.250. The minimum Gasteiger partial charge on any atom is -0.0823 e. The lowest BCUT2D eigenvalue weighted by atomic mass is 9.89. The lowest BCUT2D eigenvalue weighted by molar-refractivity contribution is 0.820. The van der Waals surface area contributed by atoms with Crippen LogP contribution >= 0.6 is 31.9 Å². The van der Waals surface area contributed by atoms with Crippen LogP contribution in [0.25, 0.3) is 0 Å². The van der Waals surface area contributed by atoms with E-state index in [9.17, 15) is 0 Å². The molecule has 10 heavy (non-hydrogen) atoms. The summed E-state index contributed by atoms with van der Waals surface area (Å²) >= 11 is 7.15. The van der Waals surface area contributed by atoms with E-state index in [-0.39, 0.29) is 0 Å². The first-order chi connectivity index (χ1) is 4.80. The molecule has 1 aromatic carbocycles. The SMILES string of the molecule is BrC1c2ccccc2C1Br. The highest BCUT2D eigenvalue weighted by molar-refractivity contribution is 9.12. The van der Waals surface area contributed by atoms with Crippen LogP contribution in [0.4, 0.5) is 0 Å². The molecule has 2 rings (SSSR count). The molecule has 0 fully saturated rings. The Morgan fingerprint density at radius 2 is 1.30 bits per heavy atom. The van der Waals surface area contributed by atoms with Gasteiger partial charge in [0.25, 0.3) is 0 Å². The number of alkyl halides is 2. The van der Waals surface area contributed by atoms with E-state index >= 15 is 0 Å². The minimum absolute atomic E-state index is 0.517. The van der Waals surface area contributed by atoms with Crippen LogP contribution in [0.5, 0.6) is 0 Å². The molecule has 0 saturated heterocycles. The minimum atomic E-state index is 0.517. The van der Waals surface area contributed by atoms with Crippen LogP contribution in [0.3, 0.4) is 0 Å². The van der Waals surface area contributed by atoms with Gasteiger partial charge in [-0.1, -0.05) is 56.1 Å². The lowest BCUT2D eigenvalue weighted by Crippen LogP contribution is -2.13. The quantitative estimate of drug-likeness (QED) is 0.627. The third-order valence-corrected chi connectivity index (χ3v) is 4.60. The van der Waals surface area contributed by atoms with Gasteiger partial charge in [-0.25, -0.2) is 0 Å². The first kappa shape index (κ1) is 6.86. The molecule has 0 radical (unpaired) electrons. The first-order valence-corrected chi connectivity index (χ1v) is 5.01. The van der Waals surface area contributed by atoms with Crippen LogP contribution in [0.2, 0.25) is 0 Å². The van der Waals surface area contributed by atoms with E-state index in [4.69, 9.17) is 0 Å². The van der Waals surface area contributed by atoms with Gasteiger partial charge in [0.1, 0.15) is 0 Å². The van der Waals surface area contributed by atoms with Crippen molar-refractivity contribution in [1.82, 2.24) is 0 Å². The maximum absolute atomic E-state index is 3.58. The van der Waals surface area contributed by atoms with Crippen LogP contribution in [0, 0.1) is 0 Å². The van der Waals surface area contributed by atoms with Crippen molar-refractivity contribution in [2.24, 2.45) is 0 Å². The summed E-state index contributed by atoms with van der Waals surface area (Å²) in [5.74, 6) is 0. The largest absolute Gasteiger partial charge is 0.0823 e. The predicted octanol–water partition coefficient (Wildman–Crippen LogP) is 3.57. The number of benzene rings is 1. The second kappa shape index (κ2) is 2.35. The van der Waals surface area contributed by atoms with Gasteiger partial charge in [0.15, 0.2) is 0 Å². The topological polar surface area (TPSA) is 0 Å². The van der Waals surface area contributed by atoms with Gasteiger partial charge in [0.05, 0.1) is 9.65 Å². The van der Waals surface area contributed by atoms with Crippen molar-refractivity contribution < 1.29 is 0 Å². The van der Waals surface area contributed by atoms with Gasteiger partial charge in [0.2, 0.25) is 0 Å². The summed E-state index contributed by atoms with van der Waals surface area (Å²) < 4.78 is 0. The summed E-state index contributed by atoms with van der Waals surface area (Å²) in [7, 11) is 0. The fourth-order valence-corrected chi connectivity index (χ4v) is 2.64. The van der Waals surface area contributed by atoms with E-state index in [2.05, 4.69) is 56.1 Å². The Bertz CT molecular complexity index is 230. The summed E-state index contributed by atoms with van der Waals surface area (Å²) in [4.78, 5) is 1.03. The molecule has 0 aromatic heterocycles. The molecule has 0 amide bonds. The molecule has 1 aliphatic carbocycles. The molecule has 2 atom stereocenters. The molecule has 0 heterocycles. The molecule has 0 spiro atoms. The van der Waals surface area contributed by atoms with Gasteiger partial charge in [-0.15, -0.1) is 0 Å². The zero-order valence-electron chi connectivity index (χ0n) is 5.22. The zero-order chi connectivity index (χ0) is 7.14. The number of fused-ring (bicyclic) bond motifs is 1. The zero-order valence-corrected chi connectivity index (χ0v) is 8.39. The number of halogens is 2. The molecule has 1 aliphatic rings. The fourth-order valence-electron chi connectivity index (χ4n) is 1.23. The molecule has 2 unspecified atom stereocenters. The lowest BCUT2D eigenvalue weighted by Gasteiger charge is -2.31. The van der Waals surface area contributed by atoms with Gasteiger partial charge in [-0.05, 0) is 11.1 Å². The third-order valence-electron chi connectivity index (χ3n) is 1.85. The van der Waals surface area contributed by atoms with Crippen LogP contribution in [-0.4, -0.2) is 0 Å². The summed E-state index contributed by atoms with van der Waals surface area (Å²) in [5.41, 5.74) is 2.84. The summed E-state index contributed by atoms with van der Waals surface area (Å²) in [5, 5.41) is 0. The number of hydrogen-bond acceptors (Lipinski definition) is 0. The maximum atomic E-state index is 3.58. The average Bonchev–Trinajstić information content (AvgIpc) is 2.03. The Morgan fingerprint density at radius 1 is 0.900 bits per heavy atom. The molecular weight excluding hydrogens is 256 g/mol. The third kappa shape index (κ3) is 0.785. The van der Waals surface area contributed by atoms with Crippen LogP contribution in [0.15, 0.2) is 24.3 Å². The monoisotopic (exact) mass is 260 g/mol. The van der Waals surface area contributed by atoms with E-state index < -0.39 is 0 Å². The van der Waals surface area contributed by atoms with Crippen molar-refractivity contribution in [3.05, 3.63) is 35.4 Å². The van der Waals surface area contributed by atoms with Crippen molar-refractivity contribution in [2.75, 3.05) is 0 Å². The van der Waals surface area contributed by atoms with E-state index in [1.165, 1.54) is 11.1 Å². The summed E-state index contributed by atoms with van der Waals surface area (Å²) in [6.45, 7) is 0. The van der Waals surface area contributed by atoms with Gasteiger partial charge in [-0.2, -0.15) is 0 Å². The highest BCUT2D eigenvalue weighted by atomic mass is 79.9. The van der Waals surface area contributed by atoms with E-state index in [0.717, 1.165) is 0 Å². The van der Waals surface area contributed by atoms with Crippen molar-refractivity contribution >= 4 is 31.9 Å². The van der Waals surface area contributed by atoms with Crippen molar-refractivity contribution in [1.29, 1.82) is 0 Å². The molecule has 0 aliphatic heterocycles. The van der Waals surface area contributed by atoms with Gasteiger partial charge < -0.3 is 0 Å². The van der Waals surface area contributed by atoms with Crippen LogP contribution in [0.1, 0.15) is 20.8 Å². The average molecular weight is 262 g/mol. The van der Waals surface area contributed by atoms with Gasteiger partial charge in [0, 0.05) is 0 Å². The van der Waals surface area contributed by atoms with Crippen LogP contribution in [-0.2, 0) is 0 Å². The second-order valence-electron chi connectivity index (χ2n) is 2.43. The molecule has 0 saturated carbocycles. The molecule has 52 valence electrons. The molecule has 2 heteroatoms. The van der Waals surface area contributed by atoms with Gasteiger partial charge in [-0.3, -0.25) is 0 Å². The smallest absolute Gasteiger partial charge is 0.0564 e. The Morgan fingerprint density at radius 3 is 1.70 bits per heavy atom. The van der Waals surface area contributed by atoms with Crippen molar-refractivity contribution in [3.8, 4) is 0 Å². The van der Waals surface area contributed by atoms with Crippen molar-refractivity contribution in [2.45, 2.75) is 9.65 Å². The number of rotatable bonds is 0. The van der Waals surface area contributed by atoms with Crippen LogP contribution < -0.4 is 0 Å². The normalized spacial score (nSPS) is 29.0. The van der Waals surface area contributed by atoms with E-state index in [1.807, 2.05) is 0 Å². The standard InChI is InChI=1S/C8H6Br2/c9-7-5-3-1-2-4-6(5)8(7)10/h1-4,7-8H. The summed E-state index contributed by atoms with van der Waals surface area (Å²) in [6.07, 6.45) is 0. The Kier molecular flexibility index (Phi) is 1.61. The highest BCUT2D eigenvalue weighted by Crippen LogP contribution is 2.53. The highest BCUT2D eigenvalue weighted by Gasteiger charge is 2.32. The van der Waals surface area contributed by atoms with Crippen molar-refractivity contribution in [3.63, 3.8) is 0 Å². The molecule has 0 bridgehead atoms. The second-order valence-corrected chi connectivity index (χ2v) is 4.41. The van der Waals surface area contributed by atoms with Gasteiger partial charge >= 0.3 is 0 Å². The first-order valence-electron chi connectivity index (χ1n) is 3.17.